The lowest BCUT2D eigenvalue weighted by Crippen LogP contribution is -2.62. The second-order valence-electron chi connectivity index (χ2n) is 9.86. The highest BCUT2D eigenvalue weighted by atomic mass is 16.2. The Balaban J connectivity index is 1.12. The summed E-state index contributed by atoms with van der Waals surface area (Å²) in [5.74, 6) is 1.15. The summed E-state index contributed by atoms with van der Waals surface area (Å²) in [7, 11) is 1.87. The van der Waals surface area contributed by atoms with Gasteiger partial charge in [-0.2, -0.15) is 0 Å². The highest BCUT2D eigenvalue weighted by Gasteiger charge is 2.39. The number of carbonyl (C=O) groups is 2. The van der Waals surface area contributed by atoms with Gasteiger partial charge in [-0.3, -0.25) is 14.5 Å². The molecule has 0 spiro atoms. The molecule has 4 aliphatic rings. The van der Waals surface area contributed by atoms with Gasteiger partial charge in [-0.15, -0.1) is 0 Å². The summed E-state index contributed by atoms with van der Waals surface area (Å²) in [5.41, 5.74) is 3.24. The van der Waals surface area contributed by atoms with Gasteiger partial charge in [0, 0.05) is 75.6 Å². The second kappa shape index (κ2) is 8.43. The van der Waals surface area contributed by atoms with Crippen molar-refractivity contribution in [2.45, 2.75) is 44.8 Å². The van der Waals surface area contributed by atoms with E-state index in [0.29, 0.717) is 24.5 Å². The highest BCUT2D eigenvalue weighted by Crippen LogP contribution is 2.29. The average molecular weight is 426 g/mol. The van der Waals surface area contributed by atoms with Crippen LogP contribution < -0.4 is 15.5 Å². The zero-order valence-electron chi connectivity index (χ0n) is 18.8. The fraction of sp³-hybridized carbons (Fsp3) is 0.667. The number of hydrogen-bond acceptors (Lipinski definition) is 5. The lowest BCUT2D eigenvalue weighted by Gasteiger charge is -2.44. The minimum Gasteiger partial charge on any atom is -0.369 e. The zero-order chi connectivity index (χ0) is 21.5. The van der Waals surface area contributed by atoms with Gasteiger partial charge in [0.25, 0.3) is 5.91 Å². The molecule has 2 amide bonds. The molecule has 4 aliphatic heterocycles. The number of amides is 2. The van der Waals surface area contributed by atoms with Crippen molar-refractivity contribution in [3.8, 4) is 0 Å². The molecule has 31 heavy (non-hydrogen) atoms. The maximum atomic E-state index is 12.3. The monoisotopic (exact) mass is 425 g/mol. The first-order chi connectivity index (χ1) is 15.0. The van der Waals surface area contributed by atoms with Crippen LogP contribution in [0.15, 0.2) is 18.2 Å². The van der Waals surface area contributed by atoms with Crippen LogP contribution in [0.5, 0.6) is 0 Å². The first kappa shape index (κ1) is 20.8. The van der Waals surface area contributed by atoms with Gasteiger partial charge in [0.1, 0.15) is 0 Å². The Morgan fingerprint density at radius 3 is 2.65 bits per heavy atom. The predicted octanol–water partition coefficient (Wildman–Crippen LogP) is 1.29. The molecule has 3 saturated heterocycles. The van der Waals surface area contributed by atoms with Crippen LogP contribution in [0.2, 0.25) is 0 Å². The van der Waals surface area contributed by atoms with Gasteiger partial charge in [-0.05, 0) is 55.5 Å². The van der Waals surface area contributed by atoms with Crippen LogP contribution in [0.4, 0.5) is 5.69 Å². The van der Waals surface area contributed by atoms with Crippen molar-refractivity contribution in [1.29, 1.82) is 0 Å². The summed E-state index contributed by atoms with van der Waals surface area (Å²) in [6.07, 6.45) is 3.01. The topological polar surface area (TPSA) is 67.9 Å². The van der Waals surface area contributed by atoms with Crippen molar-refractivity contribution in [1.82, 2.24) is 20.4 Å². The van der Waals surface area contributed by atoms with Crippen molar-refractivity contribution in [3.63, 3.8) is 0 Å². The Morgan fingerprint density at radius 1 is 1.06 bits per heavy atom. The summed E-state index contributed by atoms with van der Waals surface area (Å²) in [6.45, 7) is 9.13. The van der Waals surface area contributed by atoms with Crippen LogP contribution in [0, 0.1) is 11.8 Å². The molecule has 0 aliphatic carbocycles. The fourth-order valence-corrected chi connectivity index (χ4v) is 5.88. The molecule has 0 aromatic heterocycles. The van der Waals surface area contributed by atoms with Gasteiger partial charge in [0.05, 0.1) is 0 Å². The van der Waals surface area contributed by atoms with E-state index in [2.05, 4.69) is 39.5 Å². The molecule has 4 unspecified atom stereocenters. The number of hydrogen-bond donors (Lipinski definition) is 2. The highest BCUT2D eigenvalue weighted by molar-refractivity contribution is 5.98. The molecule has 7 heteroatoms. The number of benzene rings is 1. The molecule has 3 fully saturated rings. The average Bonchev–Trinajstić information content (AvgIpc) is 3.06. The third-order valence-corrected chi connectivity index (χ3v) is 7.80. The maximum absolute atomic E-state index is 12.3. The maximum Gasteiger partial charge on any atom is 0.254 e. The number of piperidine rings is 2. The molecular formula is C24H35N5O2. The van der Waals surface area contributed by atoms with Crippen LogP contribution in [-0.2, 0) is 11.3 Å². The van der Waals surface area contributed by atoms with E-state index in [1.54, 1.807) is 4.90 Å². The predicted molar refractivity (Wildman–Crippen MR) is 121 cm³/mol. The van der Waals surface area contributed by atoms with Crippen LogP contribution in [0.3, 0.4) is 0 Å². The normalized spacial score (nSPS) is 31.4. The number of carbonyl (C=O) groups excluding carboxylic acids is 2. The first-order valence-corrected chi connectivity index (χ1v) is 11.9. The van der Waals surface area contributed by atoms with Crippen molar-refractivity contribution >= 4 is 17.5 Å². The third kappa shape index (κ3) is 4.05. The van der Waals surface area contributed by atoms with Crippen molar-refractivity contribution in [2.24, 2.45) is 11.8 Å². The van der Waals surface area contributed by atoms with E-state index >= 15 is 0 Å². The van der Waals surface area contributed by atoms with Gasteiger partial charge in [0.15, 0.2) is 0 Å². The minimum absolute atomic E-state index is 0.133. The molecule has 1 aromatic carbocycles. The molecule has 0 bridgehead atoms. The summed E-state index contributed by atoms with van der Waals surface area (Å²) in [5, 5.41) is 7.01. The summed E-state index contributed by atoms with van der Waals surface area (Å²) < 4.78 is 0. The van der Waals surface area contributed by atoms with E-state index in [0.717, 1.165) is 69.7 Å². The Bertz CT molecular complexity index is 850. The largest absolute Gasteiger partial charge is 0.369 e. The SMILES string of the molecule is CCC1CC2NCC(CN3CCN(c4ccc5c(c4)CN(C)C5=O)CC3)CC2NC1=O. The van der Waals surface area contributed by atoms with Crippen molar-refractivity contribution in [3.05, 3.63) is 29.3 Å². The van der Waals surface area contributed by atoms with Crippen LogP contribution in [0.25, 0.3) is 0 Å². The van der Waals surface area contributed by atoms with Gasteiger partial charge in [-0.25, -0.2) is 0 Å². The molecule has 4 atom stereocenters. The number of nitrogens with one attached hydrogen (secondary N) is 2. The second-order valence-corrected chi connectivity index (χ2v) is 9.86. The number of rotatable bonds is 4. The lowest BCUT2D eigenvalue weighted by molar-refractivity contribution is -0.129. The Labute approximate surface area is 185 Å². The summed E-state index contributed by atoms with van der Waals surface area (Å²) in [6, 6.07) is 7.04. The van der Waals surface area contributed by atoms with E-state index in [1.807, 2.05) is 13.1 Å². The molecule has 7 nitrogen and oxygen atoms in total. The van der Waals surface area contributed by atoms with E-state index in [9.17, 15) is 9.59 Å². The summed E-state index contributed by atoms with van der Waals surface area (Å²) in [4.78, 5) is 31.2. The number of fused-ring (bicyclic) bond motifs is 2. The smallest absolute Gasteiger partial charge is 0.254 e. The third-order valence-electron chi connectivity index (χ3n) is 7.80. The lowest BCUT2D eigenvalue weighted by atomic mass is 9.80. The van der Waals surface area contributed by atoms with Gasteiger partial charge in [0.2, 0.25) is 5.91 Å². The Morgan fingerprint density at radius 2 is 1.87 bits per heavy atom. The van der Waals surface area contributed by atoms with Gasteiger partial charge >= 0.3 is 0 Å². The summed E-state index contributed by atoms with van der Waals surface area (Å²) >= 11 is 0. The number of anilines is 1. The van der Waals surface area contributed by atoms with Gasteiger partial charge < -0.3 is 20.4 Å². The van der Waals surface area contributed by atoms with E-state index in [-0.39, 0.29) is 17.7 Å². The Hall–Kier alpha value is -2.12. The molecule has 5 rings (SSSR count). The standard InChI is InChI=1S/C24H35N5O2/c1-3-17-12-21-22(26-23(17)30)10-16(13-25-21)14-28-6-8-29(9-7-28)19-4-5-20-18(11-19)15-27(2)24(20)31/h4-5,11,16-17,21-22,25H,3,6-10,12-15H2,1-2H3,(H,26,30). The Kier molecular flexibility index (Phi) is 5.65. The van der Waals surface area contributed by atoms with E-state index < -0.39 is 0 Å². The molecule has 168 valence electrons. The number of piperazine rings is 1. The van der Waals surface area contributed by atoms with Crippen molar-refractivity contribution in [2.75, 3.05) is 51.2 Å². The van der Waals surface area contributed by atoms with Crippen LogP contribution in [-0.4, -0.2) is 80.0 Å². The molecule has 4 heterocycles. The fourth-order valence-electron chi connectivity index (χ4n) is 5.88. The molecule has 1 aromatic rings. The quantitative estimate of drug-likeness (QED) is 0.761. The van der Waals surface area contributed by atoms with E-state index in [1.165, 1.54) is 5.69 Å². The van der Waals surface area contributed by atoms with Crippen LogP contribution in [0.1, 0.15) is 42.1 Å². The number of nitrogens with zero attached hydrogens (tertiary/aromatic N) is 3. The molecular weight excluding hydrogens is 390 g/mol. The van der Waals surface area contributed by atoms with Crippen LogP contribution >= 0.6 is 0 Å². The first-order valence-electron chi connectivity index (χ1n) is 11.9. The van der Waals surface area contributed by atoms with E-state index in [4.69, 9.17) is 0 Å². The molecule has 0 radical (unpaired) electrons. The minimum atomic E-state index is 0.133. The van der Waals surface area contributed by atoms with Crippen molar-refractivity contribution < 1.29 is 9.59 Å². The molecule has 0 saturated carbocycles. The zero-order valence-corrected chi connectivity index (χ0v) is 18.8. The molecule has 2 N–H and O–H groups in total. The van der Waals surface area contributed by atoms with Gasteiger partial charge in [-0.1, -0.05) is 6.92 Å².